The molecule has 0 aliphatic carbocycles. The van der Waals surface area contributed by atoms with E-state index >= 15 is 0 Å². The molecule has 0 saturated carbocycles. The molecular weight excluding hydrogens is 601 g/mol. The second kappa shape index (κ2) is 9.29. The van der Waals surface area contributed by atoms with Gasteiger partial charge in [0.15, 0.2) is 6.73 Å². The van der Waals surface area contributed by atoms with Crippen molar-refractivity contribution >= 4 is 16.0 Å². The third kappa shape index (κ3) is 4.80. The van der Waals surface area contributed by atoms with Crippen molar-refractivity contribution in [3.63, 3.8) is 0 Å². The molecule has 0 aliphatic heterocycles. The van der Waals surface area contributed by atoms with Gasteiger partial charge in [-0.05, 0) is 6.92 Å². The van der Waals surface area contributed by atoms with Crippen LogP contribution < -0.4 is 0 Å². The molecule has 5 nitrogen and oxygen atoms in total. The number of nitrogens with zero attached hydrogens (tertiary/aromatic N) is 1. The lowest BCUT2D eigenvalue weighted by Crippen LogP contribution is -2.75. The summed E-state index contributed by atoms with van der Waals surface area (Å²) in [5.41, 5.74) is -0.618. The largest absolute Gasteiger partial charge is 0.460 e. The van der Waals surface area contributed by atoms with Crippen LogP contribution in [-0.2, 0) is 19.6 Å². The molecule has 0 rings (SSSR count). The predicted octanol–water partition coefficient (Wildman–Crippen LogP) is 5.29. The summed E-state index contributed by atoms with van der Waals surface area (Å²) >= 11 is 0. The van der Waals surface area contributed by atoms with E-state index in [4.69, 9.17) is 0 Å². The fraction of sp³-hybridized carbons (Fsp3) is 0.786. The molecule has 0 aliphatic rings. The number of hydrogen-bond acceptors (Lipinski definition) is 4. The maximum absolute atomic E-state index is 13.9. The normalized spacial score (nSPS) is 15.7. The minimum Gasteiger partial charge on any atom is -0.445 e. The van der Waals surface area contributed by atoms with Crippen LogP contribution in [0.2, 0.25) is 0 Å². The summed E-state index contributed by atoms with van der Waals surface area (Å²) in [6.45, 7) is 1.61. The first-order valence-electron chi connectivity index (χ1n) is 8.25. The van der Waals surface area contributed by atoms with Crippen LogP contribution in [0.1, 0.15) is 6.92 Å². The van der Waals surface area contributed by atoms with Gasteiger partial charge < -0.3 is 4.74 Å². The summed E-state index contributed by atoms with van der Waals surface area (Å²) in [5.74, 6) is -53.8. The molecule has 0 amide bonds. The van der Waals surface area contributed by atoms with E-state index in [0.29, 0.717) is 0 Å². The van der Waals surface area contributed by atoms with Gasteiger partial charge in [0.25, 0.3) is 10.0 Å². The third-order valence-corrected chi connectivity index (χ3v) is 5.98. The average molecular weight is 611 g/mol. The van der Waals surface area contributed by atoms with E-state index in [2.05, 4.69) is 11.3 Å². The van der Waals surface area contributed by atoms with E-state index in [1.54, 1.807) is 0 Å². The second-order valence-corrected chi connectivity index (χ2v) is 8.99. The maximum atomic E-state index is 13.9. The van der Waals surface area contributed by atoms with E-state index < -0.39 is 79.6 Å². The van der Waals surface area contributed by atoms with Crippen molar-refractivity contribution < 1.29 is 92.6 Å². The van der Waals surface area contributed by atoms with E-state index in [0.717, 1.165) is 6.92 Å². The van der Waals surface area contributed by atoms with Gasteiger partial charge in [0.1, 0.15) is 0 Å². The smallest absolute Gasteiger partial charge is 0.445 e. The SMILES string of the molecule is C=C(C)C(=O)OCN(C)S(=O)(=O)C(F)(F)C(F)(F)C(F)(F)C(F)(F)C(F)(F)C(F)(F)C(F)(F)C(F)(F)F. The van der Waals surface area contributed by atoms with Crippen molar-refractivity contribution in [1.82, 2.24) is 4.31 Å². The van der Waals surface area contributed by atoms with Crippen molar-refractivity contribution in [2.24, 2.45) is 0 Å². The van der Waals surface area contributed by atoms with E-state index in [9.17, 15) is 87.8 Å². The van der Waals surface area contributed by atoms with Crippen LogP contribution in [0, 0.1) is 0 Å². The molecule has 0 heterocycles. The van der Waals surface area contributed by atoms with Crippen molar-refractivity contribution in [3.05, 3.63) is 12.2 Å². The zero-order chi connectivity index (χ0) is 30.6. The molecule has 0 saturated heterocycles. The molecule has 0 radical (unpaired) electrons. The van der Waals surface area contributed by atoms with E-state index in [1.165, 1.54) is 0 Å². The van der Waals surface area contributed by atoms with Crippen molar-refractivity contribution in [3.8, 4) is 0 Å². The Kier molecular flexibility index (Phi) is 8.77. The zero-order valence-electron chi connectivity index (χ0n) is 17.3. The number of ether oxygens (including phenoxy) is 1. The fourth-order valence-electron chi connectivity index (χ4n) is 1.85. The molecule has 0 unspecified atom stereocenters. The first-order valence-corrected chi connectivity index (χ1v) is 9.69. The van der Waals surface area contributed by atoms with Crippen LogP contribution in [0.25, 0.3) is 0 Å². The van der Waals surface area contributed by atoms with Crippen LogP contribution >= 0.6 is 0 Å². The Morgan fingerprint density at radius 1 is 0.676 bits per heavy atom. The fourth-order valence-corrected chi connectivity index (χ4v) is 2.88. The van der Waals surface area contributed by atoms with Crippen LogP contribution in [0.3, 0.4) is 0 Å². The highest BCUT2D eigenvalue weighted by Crippen LogP contribution is 2.64. The van der Waals surface area contributed by atoms with Crippen LogP contribution in [0.15, 0.2) is 12.2 Å². The molecule has 0 N–H and O–H groups in total. The number of carbonyl (C=O) groups is 1. The number of sulfonamides is 1. The lowest BCUT2D eigenvalue weighted by atomic mass is 9.91. The standard InChI is InChI=1S/C14H10F17NO4S/c1-5(2)6(33)36-4-32(3)37(34,35)14(30,31)12(25,26)10(21,22)8(17,18)7(15,16)9(19,20)11(23,24)13(27,28)29/h1,4H2,2-3H3. The molecule has 0 atom stereocenters. The lowest BCUT2D eigenvalue weighted by Gasteiger charge is -2.42. The highest BCUT2D eigenvalue weighted by atomic mass is 32.2. The quantitative estimate of drug-likeness (QED) is 0.138. The maximum Gasteiger partial charge on any atom is 0.460 e. The average Bonchev–Trinajstić information content (AvgIpc) is 2.69. The van der Waals surface area contributed by atoms with Crippen molar-refractivity contribution in [2.75, 3.05) is 13.8 Å². The number of carbonyl (C=O) groups excluding carboxylic acids is 1. The molecule has 220 valence electrons. The monoisotopic (exact) mass is 611 g/mol. The van der Waals surface area contributed by atoms with Crippen LogP contribution in [0.4, 0.5) is 74.6 Å². The van der Waals surface area contributed by atoms with Gasteiger partial charge in [-0.2, -0.15) is 78.9 Å². The third-order valence-electron chi connectivity index (χ3n) is 4.15. The first kappa shape index (κ1) is 34.9. The minimum atomic E-state index is -8.92. The molecule has 0 fully saturated rings. The number of alkyl halides is 17. The number of esters is 1. The summed E-state index contributed by atoms with van der Waals surface area (Å²) in [5, 5.41) is -7.73. The molecular formula is C14H10F17NO4S. The first-order chi connectivity index (χ1) is 15.7. The van der Waals surface area contributed by atoms with Gasteiger partial charge in [-0.25, -0.2) is 13.2 Å². The Morgan fingerprint density at radius 2 is 0.973 bits per heavy atom. The van der Waals surface area contributed by atoms with Gasteiger partial charge in [0.2, 0.25) is 0 Å². The van der Waals surface area contributed by atoms with Crippen LogP contribution in [0.5, 0.6) is 0 Å². The number of halogens is 17. The second-order valence-electron chi connectivity index (χ2n) is 6.91. The van der Waals surface area contributed by atoms with Crippen LogP contribution in [-0.4, -0.2) is 79.4 Å². The Morgan fingerprint density at radius 3 is 1.27 bits per heavy atom. The molecule has 23 heteroatoms. The van der Waals surface area contributed by atoms with Gasteiger partial charge in [0, 0.05) is 12.6 Å². The molecule has 0 aromatic heterocycles. The molecule has 0 bridgehead atoms. The van der Waals surface area contributed by atoms with E-state index in [1.807, 2.05) is 0 Å². The minimum absolute atomic E-state index is 0.270. The van der Waals surface area contributed by atoms with Crippen molar-refractivity contribution in [2.45, 2.75) is 53.9 Å². The molecule has 0 aromatic rings. The summed E-state index contributed by atoms with van der Waals surface area (Å²) in [7, 11) is -7.79. The molecule has 37 heavy (non-hydrogen) atoms. The summed E-state index contributed by atoms with van der Waals surface area (Å²) < 4.78 is 250. The Bertz CT molecular complexity index is 1000. The predicted molar refractivity (Wildman–Crippen MR) is 83.1 cm³/mol. The van der Waals surface area contributed by atoms with Gasteiger partial charge in [-0.1, -0.05) is 6.58 Å². The molecule has 0 aromatic carbocycles. The Hall–Kier alpha value is -2.07. The van der Waals surface area contributed by atoms with Crippen molar-refractivity contribution in [1.29, 1.82) is 0 Å². The van der Waals surface area contributed by atoms with Gasteiger partial charge in [-0.3, -0.25) is 0 Å². The lowest BCUT2D eigenvalue weighted by molar-refractivity contribution is -0.458. The Labute approximate surface area is 193 Å². The number of rotatable bonds is 11. The Balaban J connectivity index is 6.80. The topological polar surface area (TPSA) is 63.7 Å². The summed E-state index contributed by atoms with van der Waals surface area (Å²) in [4.78, 5) is 11.1. The summed E-state index contributed by atoms with van der Waals surface area (Å²) in [6, 6.07) is 0. The van der Waals surface area contributed by atoms with Gasteiger partial charge >= 0.3 is 52.9 Å². The molecule has 0 spiro atoms. The number of hydrogen-bond donors (Lipinski definition) is 0. The van der Waals surface area contributed by atoms with Gasteiger partial charge in [0.05, 0.1) is 0 Å². The summed E-state index contributed by atoms with van der Waals surface area (Å²) in [6.07, 6.45) is -7.91. The highest BCUT2D eigenvalue weighted by molar-refractivity contribution is 7.90. The zero-order valence-corrected chi connectivity index (χ0v) is 18.1. The highest BCUT2D eigenvalue weighted by Gasteiger charge is 2.96. The van der Waals surface area contributed by atoms with E-state index in [-0.39, 0.29) is 7.05 Å². The van der Waals surface area contributed by atoms with Gasteiger partial charge in [-0.15, -0.1) is 0 Å².